The predicted octanol–water partition coefficient (Wildman–Crippen LogP) is 5.63. The molecule has 0 aromatic heterocycles. The molecule has 0 aromatic carbocycles. The van der Waals surface area contributed by atoms with Crippen molar-refractivity contribution in [1.29, 1.82) is 0 Å². The van der Waals surface area contributed by atoms with E-state index in [2.05, 4.69) is 25.2 Å². The standard InChI is InChI=1S/C17H30.3CH2O.Mn/c1-2-3-4-5-6-7-8-9-10-11-14-17-15-12-13-16-17;3*1-2;/h12-13,15H,2-11,14,16H2,1H3;3*1H2;. The summed E-state index contributed by atoms with van der Waals surface area (Å²) >= 11 is 0. The minimum Gasteiger partial charge on any atom is -0.307 e. The second kappa shape index (κ2) is 33.6. The van der Waals surface area contributed by atoms with Gasteiger partial charge in [-0.1, -0.05) is 88.5 Å². The van der Waals surface area contributed by atoms with Crippen molar-refractivity contribution in [2.24, 2.45) is 0 Å². The minimum absolute atomic E-state index is 0. The van der Waals surface area contributed by atoms with E-state index in [0.717, 1.165) is 0 Å². The van der Waals surface area contributed by atoms with Crippen molar-refractivity contribution in [3.63, 3.8) is 0 Å². The Morgan fingerprint density at radius 1 is 0.750 bits per heavy atom. The van der Waals surface area contributed by atoms with Crippen molar-refractivity contribution < 1.29 is 31.5 Å². The number of unbranched alkanes of at least 4 members (excludes halogenated alkanes) is 9. The Balaban J connectivity index is -0.000000256. The summed E-state index contributed by atoms with van der Waals surface area (Å²) in [5.41, 5.74) is 1.64. The van der Waals surface area contributed by atoms with Gasteiger partial charge in [0.25, 0.3) is 0 Å². The van der Waals surface area contributed by atoms with Gasteiger partial charge in [-0.2, -0.15) is 0 Å². The molecule has 1 radical (unpaired) electrons. The number of hydrogen-bond acceptors (Lipinski definition) is 3. The molecule has 0 amide bonds. The average Bonchev–Trinajstić information content (AvgIpc) is 3.15. The van der Waals surface area contributed by atoms with Gasteiger partial charge in [-0.3, -0.25) is 0 Å². The zero-order chi connectivity index (χ0) is 18.2. The van der Waals surface area contributed by atoms with Gasteiger partial charge < -0.3 is 14.4 Å². The van der Waals surface area contributed by atoms with E-state index in [0.29, 0.717) is 0 Å². The van der Waals surface area contributed by atoms with Crippen LogP contribution in [-0.4, -0.2) is 20.4 Å². The van der Waals surface area contributed by atoms with Crippen molar-refractivity contribution in [3.05, 3.63) is 23.8 Å². The molecule has 0 heterocycles. The van der Waals surface area contributed by atoms with Crippen LogP contribution in [0, 0.1) is 0 Å². The van der Waals surface area contributed by atoms with E-state index in [9.17, 15) is 0 Å². The van der Waals surface area contributed by atoms with Crippen LogP contribution in [0.5, 0.6) is 0 Å². The van der Waals surface area contributed by atoms with Gasteiger partial charge in [0.15, 0.2) is 0 Å². The van der Waals surface area contributed by atoms with Gasteiger partial charge in [-0.15, -0.1) is 0 Å². The summed E-state index contributed by atoms with van der Waals surface area (Å²) < 4.78 is 0. The topological polar surface area (TPSA) is 51.2 Å². The molecule has 0 fully saturated rings. The molecule has 1 rings (SSSR count). The maximum atomic E-state index is 8.00. The van der Waals surface area contributed by atoms with Crippen LogP contribution >= 0.6 is 0 Å². The zero-order valence-electron chi connectivity index (χ0n) is 15.4. The minimum atomic E-state index is 0. The van der Waals surface area contributed by atoms with Crippen molar-refractivity contribution in [2.45, 2.75) is 84.0 Å². The fraction of sp³-hybridized carbons (Fsp3) is 0.650. The number of carbonyl (C=O) groups excluding carboxylic acids is 3. The van der Waals surface area contributed by atoms with E-state index < -0.39 is 0 Å². The van der Waals surface area contributed by atoms with Crippen LogP contribution in [0.3, 0.4) is 0 Å². The molecule has 0 bridgehead atoms. The first-order valence-corrected chi connectivity index (χ1v) is 8.64. The van der Waals surface area contributed by atoms with Gasteiger partial charge in [0.1, 0.15) is 20.4 Å². The average molecular weight is 379 g/mol. The van der Waals surface area contributed by atoms with Crippen molar-refractivity contribution in [2.75, 3.05) is 0 Å². The Bertz CT molecular complexity index is 273. The SMILES string of the molecule is C=O.C=O.C=O.CCCCCCCCCCCCC1=CC=CC1.[Mn]. The van der Waals surface area contributed by atoms with Gasteiger partial charge in [-0.05, 0) is 19.3 Å². The van der Waals surface area contributed by atoms with Crippen LogP contribution in [0.25, 0.3) is 0 Å². The molecule has 141 valence electrons. The maximum absolute atomic E-state index is 8.00. The van der Waals surface area contributed by atoms with Crippen molar-refractivity contribution >= 4 is 20.4 Å². The molecule has 0 saturated heterocycles. The predicted molar refractivity (Wildman–Crippen MR) is 99.7 cm³/mol. The molecule has 0 spiro atoms. The van der Waals surface area contributed by atoms with Crippen LogP contribution < -0.4 is 0 Å². The molecule has 0 saturated carbocycles. The van der Waals surface area contributed by atoms with E-state index in [1.54, 1.807) is 5.57 Å². The Labute approximate surface area is 159 Å². The van der Waals surface area contributed by atoms with E-state index >= 15 is 0 Å². The first-order valence-electron chi connectivity index (χ1n) is 8.64. The molecule has 0 N–H and O–H groups in total. The van der Waals surface area contributed by atoms with Gasteiger partial charge in [0.2, 0.25) is 0 Å². The second-order valence-corrected chi connectivity index (χ2v) is 5.39. The molecular formula is C20H36MnO3. The molecular weight excluding hydrogens is 343 g/mol. The Hall–Kier alpha value is -0.991. The third kappa shape index (κ3) is 25.9. The first-order chi connectivity index (χ1) is 11.4. The molecule has 0 atom stereocenters. The summed E-state index contributed by atoms with van der Waals surface area (Å²) in [5, 5.41) is 0. The molecule has 0 aromatic rings. The summed E-state index contributed by atoms with van der Waals surface area (Å²) in [4.78, 5) is 24.0. The van der Waals surface area contributed by atoms with Crippen molar-refractivity contribution in [1.82, 2.24) is 0 Å². The molecule has 0 aliphatic heterocycles. The quantitative estimate of drug-likeness (QED) is 0.345. The largest absolute Gasteiger partial charge is 0.307 e. The Morgan fingerprint density at radius 2 is 1.17 bits per heavy atom. The third-order valence-electron chi connectivity index (χ3n) is 3.70. The van der Waals surface area contributed by atoms with Crippen LogP contribution in [-0.2, 0) is 31.5 Å². The Kier molecular flexibility index (Phi) is 43.2. The molecule has 24 heavy (non-hydrogen) atoms. The molecule has 3 nitrogen and oxygen atoms in total. The third-order valence-corrected chi connectivity index (χ3v) is 3.70. The van der Waals surface area contributed by atoms with E-state index in [4.69, 9.17) is 14.4 Å². The van der Waals surface area contributed by atoms with Crippen LogP contribution in [0.15, 0.2) is 23.8 Å². The number of carbonyl (C=O) groups is 3. The van der Waals surface area contributed by atoms with Gasteiger partial charge in [0, 0.05) is 17.1 Å². The van der Waals surface area contributed by atoms with Crippen LogP contribution in [0.1, 0.15) is 84.0 Å². The van der Waals surface area contributed by atoms with Gasteiger partial charge in [0.05, 0.1) is 0 Å². The van der Waals surface area contributed by atoms with Crippen LogP contribution in [0.2, 0.25) is 0 Å². The first kappa shape index (κ1) is 30.8. The summed E-state index contributed by atoms with van der Waals surface area (Å²) in [6.07, 6.45) is 23.7. The van der Waals surface area contributed by atoms with Gasteiger partial charge >= 0.3 is 0 Å². The fourth-order valence-electron chi connectivity index (χ4n) is 2.52. The maximum Gasteiger partial charge on any atom is 0.106 e. The van der Waals surface area contributed by atoms with Crippen molar-refractivity contribution in [3.8, 4) is 0 Å². The smallest absolute Gasteiger partial charge is 0.106 e. The zero-order valence-corrected chi connectivity index (χ0v) is 16.6. The fourth-order valence-corrected chi connectivity index (χ4v) is 2.52. The second-order valence-electron chi connectivity index (χ2n) is 5.39. The van der Waals surface area contributed by atoms with E-state index in [1.165, 1.54) is 77.0 Å². The Morgan fingerprint density at radius 3 is 1.54 bits per heavy atom. The van der Waals surface area contributed by atoms with E-state index in [-0.39, 0.29) is 17.1 Å². The summed E-state index contributed by atoms with van der Waals surface area (Å²) in [5.74, 6) is 0. The number of hydrogen-bond donors (Lipinski definition) is 0. The molecule has 0 unspecified atom stereocenters. The van der Waals surface area contributed by atoms with Gasteiger partial charge in [-0.25, -0.2) is 0 Å². The monoisotopic (exact) mass is 379 g/mol. The number of rotatable bonds is 11. The van der Waals surface area contributed by atoms with E-state index in [1.807, 2.05) is 20.4 Å². The summed E-state index contributed by atoms with van der Waals surface area (Å²) in [6, 6.07) is 0. The molecule has 1 aliphatic carbocycles. The number of allylic oxidation sites excluding steroid dienone is 4. The molecule has 4 heteroatoms. The normalized spacial score (nSPS) is 10.6. The molecule has 1 aliphatic rings. The summed E-state index contributed by atoms with van der Waals surface area (Å²) in [7, 11) is 0. The summed E-state index contributed by atoms with van der Waals surface area (Å²) in [6.45, 7) is 8.29. The van der Waals surface area contributed by atoms with Crippen LogP contribution in [0.4, 0.5) is 0 Å².